The zero-order valence-electron chi connectivity index (χ0n) is 10.5. The average Bonchev–Trinajstić information content (AvgIpc) is 2.83. The van der Waals surface area contributed by atoms with Gasteiger partial charge in [-0.05, 0) is 19.1 Å². The molecule has 1 aliphatic heterocycles. The van der Waals surface area contributed by atoms with Gasteiger partial charge < -0.3 is 15.5 Å². The predicted octanol–water partition coefficient (Wildman–Crippen LogP) is 0.217. The molecule has 2 rings (SSSR count). The number of nitrogens with zero attached hydrogens (tertiary/aromatic N) is 1. The largest absolute Gasteiger partial charge is 0.357 e. The van der Waals surface area contributed by atoms with Gasteiger partial charge in [0.15, 0.2) is 0 Å². The molecule has 1 fully saturated rings. The highest BCUT2D eigenvalue weighted by Gasteiger charge is 2.32. The fraction of sp³-hybridized carbons (Fsp3) is 0.500. The summed E-state index contributed by atoms with van der Waals surface area (Å²) in [7, 11) is 1.59. The maximum atomic E-state index is 12.4. The molecular formula is C12H17N3O2S. The van der Waals surface area contributed by atoms with Crippen LogP contribution in [0.15, 0.2) is 12.1 Å². The van der Waals surface area contributed by atoms with Gasteiger partial charge in [0.05, 0.1) is 4.88 Å². The van der Waals surface area contributed by atoms with E-state index in [0.717, 1.165) is 11.4 Å². The smallest absolute Gasteiger partial charge is 0.264 e. The lowest BCUT2D eigenvalue weighted by Crippen LogP contribution is -2.59. The van der Waals surface area contributed by atoms with Crippen LogP contribution in [0.1, 0.15) is 14.5 Å². The van der Waals surface area contributed by atoms with Crippen molar-refractivity contribution in [3.8, 4) is 0 Å². The van der Waals surface area contributed by atoms with Crippen LogP contribution in [0.2, 0.25) is 0 Å². The first-order valence-corrected chi connectivity index (χ1v) is 6.75. The number of amides is 2. The van der Waals surface area contributed by atoms with Gasteiger partial charge in [-0.2, -0.15) is 0 Å². The van der Waals surface area contributed by atoms with Crippen LogP contribution in [0, 0.1) is 6.92 Å². The summed E-state index contributed by atoms with van der Waals surface area (Å²) in [6, 6.07) is 3.33. The molecule has 0 saturated carbocycles. The van der Waals surface area contributed by atoms with Gasteiger partial charge in [-0.1, -0.05) is 0 Å². The number of nitrogens with one attached hydrogen (secondary N) is 2. The summed E-state index contributed by atoms with van der Waals surface area (Å²) in [4.78, 5) is 27.6. The molecule has 0 spiro atoms. The molecule has 1 aromatic rings. The maximum absolute atomic E-state index is 12.4. The lowest BCUT2D eigenvalue weighted by molar-refractivity contribution is -0.125. The van der Waals surface area contributed by atoms with Crippen molar-refractivity contribution in [2.45, 2.75) is 13.0 Å². The Bertz CT molecular complexity index is 458. The number of rotatable bonds is 2. The quantitative estimate of drug-likeness (QED) is 0.805. The Morgan fingerprint density at radius 3 is 2.89 bits per heavy atom. The van der Waals surface area contributed by atoms with Crippen LogP contribution in [0.4, 0.5) is 0 Å². The molecule has 18 heavy (non-hydrogen) atoms. The minimum atomic E-state index is -0.418. The van der Waals surface area contributed by atoms with Crippen LogP contribution >= 0.6 is 11.3 Å². The third-order valence-corrected chi connectivity index (χ3v) is 3.99. The minimum Gasteiger partial charge on any atom is -0.357 e. The summed E-state index contributed by atoms with van der Waals surface area (Å²) >= 11 is 1.47. The summed E-state index contributed by atoms with van der Waals surface area (Å²) < 4.78 is 0. The molecule has 98 valence electrons. The highest BCUT2D eigenvalue weighted by atomic mass is 32.1. The van der Waals surface area contributed by atoms with Crippen molar-refractivity contribution >= 4 is 23.2 Å². The third-order valence-electron chi connectivity index (χ3n) is 3.00. The van der Waals surface area contributed by atoms with Gasteiger partial charge in [-0.15, -0.1) is 11.3 Å². The van der Waals surface area contributed by atoms with Crippen molar-refractivity contribution in [3.63, 3.8) is 0 Å². The van der Waals surface area contributed by atoms with Gasteiger partial charge in [0.1, 0.15) is 6.04 Å². The number of likely N-dealkylation sites (N-methyl/N-ethyl adjacent to an activating group) is 1. The second kappa shape index (κ2) is 5.49. The van der Waals surface area contributed by atoms with E-state index in [-0.39, 0.29) is 11.8 Å². The van der Waals surface area contributed by atoms with E-state index in [9.17, 15) is 9.59 Å². The van der Waals surface area contributed by atoms with Crippen molar-refractivity contribution in [1.29, 1.82) is 0 Å². The molecule has 1 aliphatic rings. The first kappa shape index (κ1) is 13.0. The topological polar surface area (TPSA) is 61.4 Å². The standard InChI is InChI=1S/C12H17N3O2S/c1-8-3-4-10(18-8)12(17)15-6-5-14-7-9(15)11(16)13-2/h3-4,9,14H,5-7H2,1-2H3,(H,13,16). The van der Waals surface area contributed by atoms with Gasteiger partial charge in [0, 0.05) is 31.6 Å². The molecule has 1 unspecified atom stereocenters. The van der Waals surface area contributed by atoms with E-state index in [1.54, 1.807) is 11.9 Å². The molecule has 0 radical (unpaired) electrons. The lowest BCUT2D eigenvalue weighted by atomic mass is 10.1. The van der Waals surface area contributed by atoms with E-state index >= 15 is 0 Å². The Morgan fingerprint density at radius 2 is 2.28 bits per heavy atom. The fourth-order valence-corrected chi connectivity index (χ4v) is 2.86. The molecule has 2 heterocycles. The Hall–Kier alpha value is -1.40. The molecule has 1 saturated heterocycles. The van der Waals surface area contributed by atoms with E-state index in [1.165, 1.54) is 11.3 Å². The number of aryl methyl sites for hydroxylation is 1. The van der Waals surface area contributed by atoms with Crippen molar-refractivity contribution in [3.05, 3.63) is 21.9 Å². The van der Waals surface area contributed by atoms with Crippen LogP contribution in [-0.4, -0.2) is 49.4 Å². The third kappa shape index (κ3) is 2.54. The highest BCUT2D eigenvalue weighted by Crippen LogP contribution is 2.19. The second-order valence-corrected chi connectivity index (χ2v) is 5.53. The number of carbonyl (C=O) groups excluding carboxylic acids is 2. The van der Waals surface area contributed by atoms with Gasteiger partial charge in [-0.25, -0.2) is 0 Å². The average molecular weight is 267 g/mol. The van der Waals surface area contributed by atoms with Crippen LogP contribution in [0.3, 0.4) is 0 Å². The van der Waals surface area contributed by atoms with Gasteiger partial charge in [-0.3, -0.25) is 9.59 Å². The summed E-state index contributed by atoms with van der Waals surface area (Å²) in [6.07, 6.45) is 0. The fourth-order valence-electron chi connectivity index (χ4n) is 2.04. The summed E-state index contributed by atoms with van der Waals surface area (Å²) in [5.74, 6) is -0.174. The Kier molecular flexibility index (Phi) is 3.98. The highest BCUT2D eigenvalue weighted by molar-refractivity contribution is 7.13. The predicted molar refractivity (Wildman–Crippen MR) is 70.8 cm³/mol. The Morgan fingerprint density at radius 1 is 1.50 bits per heavy atom. The van der Waals surface area contributed by atoms with Crippen molar-refractivity contribution in [2.75, 3.05) is 26.7 Å². The number of piperazine rings is 1. The number of carbonyl (C=O) groups is 2. The van der Waals surface area contributed by atoms with Crippen LogP contribution < -0.4 is 10.6 Å². The van der Waals surface area contributed by atoms with Gasteiger partial charge >= 0.3 is 0 Å². The van der Waals surface area contributed by atoms with E-state index in [0.29, 0.717) is 18.0 Å². The van der Waals surface area contributed by atoms with E-state index < -0.39 is 6.04 Å². The molecule has 1 atom stereocenters. The monoisotopic (exact) mass is 267 g/mol. The van der Waals surface area contributed by atoms with Crippen LogP contribution in [-0.2, 0) is 4.79 Å². The Labute approximate surface area is 110 Å². The van der Waals surface area contributed by atoms with Crippen molar-refractivity contribution in [2.24, 2.45) is 0 Å². The zero-order valence-corrected chi connectivity index (χ0v) is 11.3. The molecule has 2 N–H and O–H groups in total. The second-order valence-electron chi connectivity index (χ2n) is 4.24. The Balaban J connectivity index is 2.18. The molecule has 1 aromatic heterocycles. The number of hydrogen-bond donors (Lipinski definition) is 2. The van der Waals surface area contributed by atoms with Crippen LogP contribution in [0.25, 0.3) is 0 Å². The summed E-state index contributed by atoms with van der Waals surface area (Å²) in [5.41, 5.74) is 0. The van der Waals surface area contributed by atoms with Crippen molar-refractivity contribution in [1.82, 2.24) is 15.5 Å². The molecule has 5 nitrogen and oxygen atoms in total. The van der Waals surface area contributed by atoms with Gasteiger partial charge in [0.25, 0.3) is 5.91 Å². The molecule has 6 heteroatoms. The van der Waals surface area contributed by atoms with E-state index in [1.807, 2.05) is 19.1 Å². The molecule has 0 aliphatic carbocycles. The first-order valence-electron chi connectivity index (χ1n) is 5.93. The zero-order chi connectivity index (χ0) is 13.1. The number of thiophene rings is 1. The summed E-state index contributed by atoms with van der Waals surface area (Å²) in [6.45, 7) is 3.77. The first-order chi connectivity index (χ1) is 8.63. The maximum Gasteiger partial charge on any atom is 0.264 e. The van der Waals surface area contributed by atoms with Gasteiger partial charge in [0.2, 0.25) is 5.91 Å². The van der Waals surface area contributed by atoms with E-state index in [2.05, 4.69) is 10.6 Å². The number of hydrogen-bond acceptors (Lipinski definition) is 4. The molecule has 2 amide bonds. The minimum absolute atomic E-state index is 0.0526. The van der Waals surface area contributed by atoms with Crippen LogP contribution in [0.5, 0.6) is 0 Å². The van der Waals surface area contributed by atoms with Crippen molar-refractivity contribution < 1.29 is 9.59 Å². The lowest BCUT2D eigenvalue weighted by Gasteiger charge is -2.34. The molecule has 0 aromatic carbocycles. The molecular weight excluding hydrogens is 250 g/mol. The SMILES string of the molecule is CNC(=O)C1CNCCN1C(=O)c1ccc(C)s1. The molecule has 0 bridgehead atoms. The summed E-state index contributed by atoms with van der Waals surface area (Å²) in [5, 5.41) is 5.75. The normalized spacial score (nSPS) is 19.7. The van der Waals surface area contributed by atoms with E-state index in [4.69, 9.17) is 0 Å².